The third-order valence-electron chi connectivity index (χ3n) is 5.72. The summed E-state index contributed by atoms with van der Waals surface area (Å²) in [4.78, 5) is 39.7. The zero-order valence-corrected chi connectivity index (χ0v) is 15.5. The van der Waals surface area contributed by atoms with Gasteiger partial charge in [0.15, 0.2) is 0 Å². The molecule has 1 aromatic carbocycles. The van der Waals surface area contributed by atoms with Crippen LogP contribution >= 0.6 is 0 Å². The van der Waals surface area contributed by atoms with Crippen molar-refractivity contribution in [2.45, 2.75) is 32.6 Å². The highest BCUT2D eigenvalue weighted by Gasteiger charge is 2.33. The molecular formula is C20H25FN2O4. The third kappa shape index (κ3) is 4.28. The lowest BCUT2D eigenvalue weighted by Crippen LogP contribution is -2.52. The number of benzene rings is 1. The molecule has 1 heterocycles. The fraction of sp³-hybridized carbons (Fsp3) is 0.550. The molecule has 2 aliphatic rings. The average Bonchev–Trinajstić information content (AvgIpc) is 2.69. The first kappa shape index (κ1) is 19.3. The number of rotatable bonds is 3. The van der Waals surface area contributed by atoms with Crippen molar-refractivity contribution in [2.75, 3.05) is 26.2 Å². The lowest BCUT2D eigenvalue weighted by atomic mass is 9.81. The van der Waals surface area contributed by atoms with Crippen LogP contribution in [0.1, 0.15) is 41.6 Å². The largest absolute Gasteiger partial charge is 0.481 e. The van der Waals surface area contributed by atoms with Gasteiger partial charge in [-0.15, -0.1) is 0 Å². The molecular weight excluding hydrogens is 351 g/mol. The summed E-state index contributed by atoms with van der Waals surface area (Å²) in [7, 11) is 0. The Morgan fingerprint density at radius 2 is 1.52 bits per heavy atom. The molecule has 1 saturated heterocycles. The molecule has 1 aromatic rings. The van der Waals surface area contributed by atoms with Crippen LogP contribution in [0.25, 0.3) is 0 Å². The van der Waals surface area contributed by atoms with Crippen molar-refractivity contribution in [3.05, 3.63) is 35.1 Å². The second-order valence-electron chi connectivity index (χ2n) is 7.47. The van der Waals surface area contributed by atoms with Crippen LogP contribution in [0.3, 0.4) is 0 Å². The number of carboxylic acids is 1. The van der Waals surface area contributed by atoms with E-state index in [2.05, 4.69) is 0 Å². The Balaban J connectivity index is 1.52. The van der Waals surface area contributed by atoms with Gasteiger partial charge in [-0.2, -0.15) is 0 Å². The Bertz CT molecular complexity index is 735. The summed E-state index contributed by atoms with van der Waals surface area (Å²) >= 11 is 0. The second-order valence-corrected chi connectivity index (χ2v) is 7.47. The molecule has 1 saturated carbocycles. The van der Waals surface area contributed by atoms with Crippen LogP contribution in [0.15, 0.2) is 18.2 Å². The minimum atomic E-state index is -0.777. The van der Waals surface area contributed by atoms with Crippen LogP contribution in [-0.2, 0) is 9.59 Å². The summed E-state index contributed by atoms with van der Waals surface area (Å²) in [6.45, 7) is 3.41. The molecule has 0 bridgehead atoms. The van der Waals surface area contributed by atoms with E-state index in [-0.39, 0.29) is 23.7 Å². The molecule has 1 aliphatic heterocycles. The molecule has 2 fully saturated rings. The molecule has 3 rings (SSSR count). The van der Waals surface area contributed by atoms with E-state index in [0.717, 1.165) is 0 Å². The number of hydrogen-bond donors (Lipinski definition) is 1. The molecule has 27 heavy (non-hydrogen) atoms. The fourth-order valence-electron chi connectivity index (χ4n) is 3.88. The molecule has 7 heteroatoms. The van der Waals surface area contributed by atoms with Crippen molar-refractivity contribution < 1.29 is 23.9 Å². The number of aliphatic carboxylic acids is 1. The maximum absolute atomic E-state index is 13.7. The quantitative estimate of drug-likeness (QED) is 0.878. The van der Waals surface area contributed by atoms with Gasteiger partial charge in [-0.05, 0) is 50.3 Å². The number of aryl methyl sites for hydroxylation is 1. The second kappa shape index (κ2) is 8.06. The summed E-state index contributed by atoms with van der Waals surface area (Å²) in [5, 5.41) is 9.06. The first-order chi connectivity index (χ1) is 12.9. The molecule has 0 spiro atoms. The van der Waals surface area contributed by atoms with Crippen molar-refractivity contribution >= 4 is 17.8 Å². The molecule has 1 N–H and O–H groups in total. The monoisotopic (exact) mass is 376 g/mol. The Kier molecular flexibility index (Phi) is 5.77. The van der Waals surface area contributed by atoms with Gasteiger partial charge in [-0.1, -0.05) is 6.07 Å². The van der Waals surface area contributed by atoms with Gasteiger partial charge < -0.3 is 14.9 Å². The molecule has 2 amide bonds. The van der Waals surface area contributed by atoms with Crippen LogP contribution in [0.4, 0.5) is 4.39 Å². The average molecular weight is 376 g/mol. The van der Waals surface area contributed by atoms with Crippen molar-refractivity contribution in [1.29, 1.82) is 0 Å². The zero-order valence-electron chi connectivity index (χ0n) is 15.5. The standard InChI is InChI=1S/C20H25FN2O4/c1-13-2-3-16(12-17(13)21)19(25)23-10-8-22(9-11-23)18(24)14-4-6-15(7-5-14)20(26)27/h2-3,12,14-15H,4-11H2,1H3,(H,26,27). The maximum Gasteiger partial charge on any atom is 0.306 e. The van der Waals surface area contributed by atoms with E-state index in [1.54, 1.807) is 28.9 Å². The van der Waals surface area contributed by atoms with E-state index in [9.17, 15) is 18.8 Å². The van der Waals surface area contributed by atoms with Crippen molar-refractivity contribution in [2.24, 2.45) is 11.8 Å². The maximum atomic E-state index is 13.7. The first-order valence-corrected chi connectivity index (χ1v) is 9.44. The number of nitrogens with zero attached hydrogens (tertiary/aromatic N) is 2. The Labute approximate surface area is 157 Å². The van der Waals surface area contributed by atoms with Gasteiger partial charge in [-0.3, -0.25) is 14.4 Å². The van der Waals surface area contributed by atoms with Gasteiger partial charge >= 0.3 is 5.97 Å². The van der Waals surface area contributed by atoms with Crippen molar-refractivity contribution in [3.8, 4) is 0 Å². The normalized spacial score (nSPS) is 23.2. The number of hydrogen-bond acceptors (Lipinski definition) is 3. The number of halogens is 1. The summed E-state index contributed by atoms with van der Waals surface area (Å²) < 4.78 is 13.7. The molecule has 0 aromatic heterocycles. The smallest absolute Gasteiger partial charge is 0.306 e. The SMILES string of the molecule is Cc1ccc(C(=O)N2CCN(C(=O)C3CCC(C(=O)O)CC3)CC2)cc1F. The van der Waals surface area contributed by atoms with E-state index >= 15 is 0 Å². The van der Waals surface area contributed by atoms with Crippen molar-refractivity contribution in [3.63, 3.8) is 0 Å². The fourth-order valence-corrected chi connectivity index (χ4v) is 3.88. The minimum absolute atomic E-state index is 0.0623. The van der Waals surface area contributed by atoms with E-state index in [4.69, 9.17) is 5.11 Å². The highest BCUT2D eigenvalue weighted by Crippen LogP contribution is 2.30. The van der Waals surface area contributed by atoms with Crippen LogP contribution in [-0.4, -0.2) is 58.9 Å². The van der Waals surface area contributed by atoms with Gasteiger partial charge in [0.25, 0.3) is 5.91 Å². The highest BCUT2D eigenvalue weighted by molar-refractivity contribution is 5.94. The molecule has 0 atom stereocenters. The van der Waals surface area contributed by atoms with Gasteiger partial charge in [0, 0.05) is 37.7 Å². The van der Waals surface area contributed by atoms with Crippen LogP contribution in [0.2, 0.25) is 0 Å². The summed E-state index contributed by atoms with van der Waals surface area (Å²) in [6, 6.07) is 4.48. The van der Waals surface area contributed by atoms with E-state index in [1.807, 2.05) is 0 Å². The topological polar surface area (TPSA) is 77.9 Å². The summed E-state index contributed by atoms with van der Waals surface area (Å²) in [5.41, 5.74) is 0.824. The van der Waals surface area contributed by atoms with E-state index in [1.165, 1.54) is 6.07 Å². The summed E-state index contributed by atoms with van der Waals surface area (Å²) in [6.07, 6.45) is 2.31. The predicted octanol–water partition coefficient (Wildman–Crippen LogP) is 2.31. The number of amides is 2. The van der Waals surface area contributed by atoms with E-state index < -0.39 is 11.8 Å². The number of carbonyl (C=O) groups excluding carboxylic acids is 2. The Morgan fingerprint density at radius 1 is 0.963 bits per heavy atom. The minimum Gasteiger partial charge on any atom is -0.481 e. The number of carbonyl (C=O) groups is 3. The summed E-state index contributed by atoms with van der Waals surface area (Å²) in [5.74, 6) is -1.78. The number of carboxylic acid groups (broad SMARTS) is 1. The predicted molar refractivity (Wildman–Crippen MR) is 96.7 cm³/mol. The lowest BCUT2D eigenvalue weighted by molar-refractivity contribution is -0.146. The lowest BCUT2D eigenvalue weighted by Gasteiger charge is -2.37. The Morgan fingerprint density at radius 3 is 2.07 bits per heavy atom. The number of piperazine rings is 1. The molecule has 146 valence electrons. The zero-order chi connectivity index (χ0) is 19.6. The van der Waals surface area contributed by atoms with Gasteiger partial charge in [0.05, 0.1) is 5.92 Å². The molecule has 1 aliphatic carbocycles. The van der Waals surface area contributed by atoms with E-state index in [0.29, 0.717) is 63.0 Å². The van der Waals surface area contributed by atoms with Gasteiger partial charge in [0.1, 0.15) is 5.82 Å². The molecule has 0 unspecified atom stereocenters. The van der Waals surface area contributed by atoms with Crippen LogP contribution in [0.5, 0.6) is 0 Å². The third-order valence-corrected chi connectivity index (χ3v) is 5.72. The van der Waals surface area contributed by atoms with Crippen molar-refractivity contribution in [1.82, 2.24) is 9.80 Å². The van der Waals surface area contributed by atoms with Crippen LogP contribution < -0.4 is 0 Å². The molecule has 6 nitrogen and oxygen atoms in total. The Hall–Kier alpha value is -2.44. The van der Waals surface area contributed by atoms with Gasteiger partial charge in [0.2, 0.25) is 5.91 Å². The highest BCUT2D eigenvalue weighted by atomic mass is 19.1. The van der Waals surface area contributed by atoms with Gasteiger partial charge in [-0.25, -0.2) is 4.39 Å². The first-order valence-electron chi connectivity index (χ1n) is 9.44. The molecule has 0 radical (unpaired) electrons. The van der Waals surface area contributed by atoms with Crippen LogP contribution in [0, 0.1) is 24.6 Å².